The van der Waals surface area contributed by atoms with Crippen molar-refractivity contribution in [3.63, 3.8) is 0 Å². The molecule has 9 heteroatoms. The summed E-state index contributed by atoms with van der Waals surface area (Å²) in [5, 5.41) is -5.31. The van der Waals surface area contributed by atoms with Crippen molar-refractivity contribution in [2.75, 3.05) is 0 Å². The predicted molar refractivity (Wildman–Crippen MR) is 53.6 cm³/mol. The molecule has 0 aliphatic carbocycles. The van der Waals surface area contributed by atoms with Crippen molar-refractivity contribution in [1.82, 2.24) is 0 Å². The van der Waals surface area contributed by atoms with E-state index >= 15 is 0 Å². The average molecular weight is 336 g/mol. The molecule has 0 amide bonds. The molecule has 0 saturated heterocycles. The lowest BCUT2D eigenvalue weighted by Crippen LogP contribution is -2.48. The standard InChI is InChI=1S/C8H5BrF4O3S/c9-5-1-3-6(4-2-5)16-7(10,11)8(12,13)17(14)15/h1-4H,(H,14,15)/p-1. The molecule has 1 aromatic carbocycles. The van der Waals surface area contributed by atoms with Crippen molar-refractivity contribution in [2.24, 2.45) is 0 Å². The lowest BCUT2D eigenvalue weighted by atomic mass is 10.3. The van der Waals surface area contributed by atoms with Gasteiger partial charge in [0.05, 0.1) is 0 Å². The summed E-state index contributed by atoms with van der Waals surface area (Å²) in [6, 6.07) is 4.53. The molecule has 96 valence electrons. The molecule has 0 heterocycles. The zero-order chi connectivity index (χ0) is 13.3. The Hall–Kier alpha value is -0.670. The molecule has 1 aromatic rings. The number of rotatable bonds is 4. The fourth-order valence-electron chi connectivity index (χ4n) is 0.807. The quantitative estimate of drug-likeness (QED) is 0.628. The number of hydrogen-bond donors (Lipinski definition) is 0. The summed E-state index contributed by atoms with van der Waals surface area (Å²) in [4.78, 5) is 0. The number of benzene rings is 1. The zero-order valence-corrected chi connectivity index (χ0v) is 10.2. The maximum absolute atomic E-state index is 12.9. The third-order valence-electron chi connectivity index (χ3n) is 1.61. The van der Waals surface area contributed by atoms with Crippen LogP contribution in [-0.2, 0) is 11.1 Å². The summed E-state index contributed by atoms with van der Waals surface area (Å²) in [6.45, 7) is 0. The second-order valence-electron chi connectivity index (χ2n) is 2.82. The molecule has 0 saturated carbocycles. The summed E-state index contributed by atoms with van der Waals surface area (Å²) in [5.41, 5.74) is 0. The van der Waals surface area contributed by atoms with Gasteiger partial charge in [-0.1, -0.05) is 15.9 Å². The largest absolute Gasteiger partial charge is 0.768 e. The van der Waals surface area contributed by atoms with Crippen LogP contribution in [0.1, 0.15) is 0 Å². The summed E-state index contributed by atoms with van der Waals surface area (Å²) in [7, 11) is 0. The van der Waals surface area contributed by atoms with E-state index in [1.54, 1.807) is 0 Å². The first kappa shape index (κ1) is 14.4. The van der Waals surface area contributed by atoms with Gasteiger partial charge in [0, 0.05) is 15.6 Å². The highest BCUT2D eigenvalue weighted by Gasteiger charge is 2.61. The Morgan fingerprint density at radius 3 is 2.06 bits per heavy atom. The molecule has 0 fully saturated rings. The van der Waals surface area contributed by atoms with Gasteiger partial charge in [0.25, 0.3) is 0 Å². The van der Waals surface area contributed by atoms with E-state index in [1.165, 1.54) is 12.1 Å². The van der Waals surface area contributed by atoms with Crippen molar-refractivity contribution < 1.29 is 31.1 Å². The molecule has 0 spiro atoms. The summed E-state index contributed by atoms with van der Waals surface area (Å²) >= 11 is -1.29. The molecule has 0 radical (unpaired) electrons. The number of alkyl halides is 4. The Balaban J connectivity index is 2.93. The molecule has 0 aromatic heterocycles. The zero-order valence-electron chi connectivity index (χ0n) is 7.83. The maximum Gasteiger partial charge on any atom is 0.476 e. The van der Waals surface area contributed by atoms with E-state index in [0.29, 0.717) is 4.47 Å². The first-order valence-corrected chi connectivity index (χ1v) is 5.83. The van der Waals surface area contributed by atoms with E-state index in [9.17, 15) is 26.3 Å². The van der Waals surface area contributed by atoms with Crippen LogP contribution in [0.2, 0.25) is 0 Å². The highest BCUT2D eigenvalue weighted by Crippen LogP contribution is 2.38. The predicted octanol–water partition coefficient (Wildman–Crippen LogP) is 2.89. The summed E-state index contributed by atoms with van der Waals surface area (Å²) in [5.74, 6) is -0.580. The van der Waals surface area contributed by atoms with Gasteiger partial charge in [-0.05, 0) is 24.3 Å². The molecule has 0 aliphatic rings. The molecule has 1 atom stereocenters. The Bertz CT molecular complexity index is 423. The van der Waals surface area contributed by atoms with Crippen LogP contribution in [0.15, 0.2) is 28.7 Å². The molecule has 0 bridgehead atoms. The van der Waals surface area contributed by atoms with Gasteiger partial charge in [-0.25, -0.2) is 0 Å². The lowest BCUT2D eigenvalue weighted by molar-refractivity contribution is -0.273. The van der Waals surface area contributed by atoms with Crippen LogP contribution in [0.25, 0.3) is 0 Å². The van der Waals surface area contributed by atoms with Gasteiger partial charge in [0.1, 0.15) is 5.75 Å². The van der Waals surface area contributed by atoms with Crippen molar-refractivity contribution in [3.8, 4) is 5.75 Å². The first-order valence-electron chi connectivity index (χ1n) is 3.96. The van der Waals surface area contributed by atoms with Crippen LogP contribution in [0.3, 0.4) is 0 Å². The fourth-order valence-corrected chi connectivity index (χ4v) is 1.31. The highest BCUT2D eigenvalue weighted by atomic mass is 79.9. The number of halogens is 5. The third kappa shape index (κ3) is 3.17. The van der Waals surface area contributed by atoms with Gasteiger partial charge in [0.2, 0.25) is 0 Å². The molecule has 1 unspecified atom stereocenters. The van der Waals surface area contributed by atoms with Gasteiger partial charge in [-0.15, -0.1) is 0 Å². The molecule has 3 nitrogen and oxygen atoms in total. The average Bonchev–Trinajstić information content (AvgIpc) is 2.20. The first-order chi connectivity index (χ1) is 7.67. The monoisotopic (exact) mass is 335 g/mol. The van der Waals surface area contributed by atoms with Crippen LogP contribution >= 0.6 is 15.9 Å². The molecular weight excluding hydrogens is 332 g/mol. The SMILES string of the molecule is O=S([O-])C(F)(F)C(F)(F)Oc1ccc(Br)cc1. The third-order valence-corrected chi connectivity index (χ3v) is 2.79. The smallest absolute Gasteiger partial charge is 0.476 e. The fraction of sp³-hybridized carbons (Fsp3) is 0.250. The van der Waals surface area contributed by atoms with E-state index in [2.05, 4.69) is 20.7 Å². The van der Waals surface area contributed by atoms with Gasteiger partial charge in [0.15, 0.2) is 0 Å². The molecular formula is C8H4BrF4O3S-. The number of ether oxygens (including phenoxy) is 1. The lowest BCUT2D eigenvalue weighted by Gasteiger charge is -2.27. The van der Waals surface area contributed by atoms with E-state index in [-0.39, 0.29) is 0 Å². The van der Waals surface area contributed by atoms with Crippen LogP contribution in [0.5, 0.6) is 5.75 Å². The van der Waals surface area contributed by atoms with Gasteiger partial charge >= 0.3 is 11.4 Å². The Morgan fingerprint density at radius 2 is 1.65 bits per heavy atom. The maximum atomic E-state index is 12.9. The summed E-state index contributed by atoms with van der Waals surface area (Å²) < 4.78 is 75.1. The van der Waals surface area contributed by atoms with E-state index in [0.717, 1.165) is 12.1 Å². The Kier molecular flexibility index (Phi) is 4.15. The Morgan fingerprint density at radius 1 is 1.18 bits per heavy atom. The number of hydrogen-bond acceptors (Lipinski definition) is 3. The molecule has 17 heavy (non-hydrogen) atoms. The Labute approximate surface area is 104 Å². The second-order valence-corrected chi connectivity index (χ2v) is 4.72. The van der Waals surface area contributed by atoms with Crippen LogP contribution in [0.4, 0.5) is 17.6 Å². The molecule has 0 N–H and O–H groups in total. The van der Waals surface area contributed by atoms with Crippen molar-refractivity contribution in [2.45, 2.75) is 11.4 Å². The van der Waals surface area contributed by atoms with E-state index in [1.807, 2.05) is 0 Å². The highest BCUT2D eigenvalue weighted by molar-refractivity contribution is 9.10. The topological polar surface area (TPSA) is 49.4 Å². The van der Waals surface area contributed by atoms with Crippen molar-refractivity contribution in [1.29, 1.82) is 0 Å². The van der Waals surface area contributed by atoms with Crippen LogP contribution in [-0.4, -0.2) is 20.1 Å². The molecule has 0 aliphatic heterocycles. The minimum absolute atomic E-state index is 0.521. The summed E-state index contributed by atoms with van der Waals surface area (Å²) in [6.07, 6.45) is -5.15. The normalized spacial score (nSPS) is 14.5. The minimum Gasteiger partial charge on any atom is -0.768 e. The van der Waals surface area contributed by atoms with Gasteiger partial charge in [-0.3, -0.25) is 4.21 Å². The minimum atomic E-state index is -5.31. The van der Waals surface area contributed by atoms with E-state index in [4.69, 9.17) is 0 Å². The van der Waals surface area contributed by atoms with Gasteiger partial charge < -0.3 is 9.29 Å². The van der Waals surface area contributed by atoms with Gasteiger partial charge in [-0.2, -0.15) is 17.6 Å². The van der Waals surface area contributed by atoms with Crippen LogP contribution in [0, 0.1) is 0 Å². The van der Waals surface area contributed by atoms with Crippen molar-refractivity contribution in [3.05, 3.63) is 28.7 Å². The second kappa shape index (κ2) is 4.91. The van der Waals surface area contributed by atoms with Crippen molar-refractivity contribution >= 4 is 27.0 Å². The van der Waals surface area contributed by atoms with E-state index < -0.39 is 28.2 Å². The molecule has 1 rings (SSSR count). The van der Waals surface area contributed by atoms with Crippen LogP contribution < -0.4 is 4.74 Å².